The summed E-state index contributed by atoms with van der Waals surface area (Å²) in [5, 5.41) is 4.26. The van der Waals surface area contributed by atoms with Gasteiger partial charge in [0.1, 0.15) is 17.6 Å². The van der Waals surface area contributed by atoms with Gasteiger partial charge in [-0.15, -0.1) is 0 Å². The maximum absolute atomic E-state index is 5.96. The number of furan rings is 1. The zero-order chi connectivity index (χ0) is 12.5. The van der Waals surface area contributed by atoms with E-state index in [2.05, 4.69) is 5.32 Å². The second-order valence-corrected chi connectivity index (χ2v) is 4.93. The van der Waals surface area contributed by atoms with Crippen molar-refractivity contribution >= 4 is 23.2 Å². The van der Waals surface area contributed by atoms with Crippen LogP contribution in [0.1, 0.15) is 17.4 Å². The third kappa shape index (κ3) is 2.21. The van der Waals surface area contributed by atoms with Crippen LogP contribution in [0.2, 0.25) is 10.0 Å². The first-order valence-electron chi connectivity index (χ1n) is 5.63. The lowest BCUT2D eigenvalue weighted by atomic mass is 10.1. The summed E-state index contributed by atoms with van der Waals surface area (Å²) in [4.78, 5) is 0. The van der Waals surface area contributed by atoms with Crippen molar-refractivity contribution in [3.8, 4) is 5.75 Å². The number of hydrogen-bond acceptors (Lipinski definition) is 3. The molecule has 94 valence electrons. The molecule has 0 spiro atoms. The molecule has 0 saturated heterocycles. The number of benzene rings is 1. The highest BCUT2D eigenvalue weighted by molar-refractivity contribution is 6.42. The standard InChI is InChI=1S/C13H11Cl2NO2/c14-10-2-1-8(5-11(10)15)18-13-7-16-6-12-9(13)3-4-17-12/h1-5,13,16H,6-7H2. The molecule has 0 aliphatic carbocycles. The molecule has 2 heterocycles. The Morgan fingerprint density at radius 2 is 2.11 bits per heavy atom. The number of fused-ring (bicyclic) bond motifs is 1. The zero-order valence-corrected chi connectivity index (χ0v) is 11.0. The van der Waals surface area contributed by atoms with Crippen LogP contribution < -0.4 is 10.1 Å². The van der Waals surface area contributed by atoms with Crippen LogP contribution in [0.5, 0.6) is 5.75 Å². The number of nitrogens with one attached hydrogen (secondary N) is 1. The van der Waals surface area contributed by atoms with Gasteiger partial charge in [-0.1, -0.05) is 23.2 Å². The number of rotatable bonds is 2. The quantitative estimate of drug-likeness (QED) is 0.910. The molecule has 1 aromatic heterocycles. The first-order chi connectivity index (χ1) is 8.74. The van der Waals surface area contributed by atoms with Crippen LogP contribution in [0.3, 0.4) is 0 Å². The smallest absolute Gasteiger partial charge is 0.140 e. The topological polar surface area (TPSA) is 34.4 Å². The molecule has 3 rings (SSSR count). The lowest BCUT2D eigenvalue weighted by molar-refractivity contribution is 0.186. The van der Waals surface area contributed by atoms with Gasteiger partial charge in [-0.3, -0.25) is 0 Å². The van der Waals surface area contributed by atoms with E-state index in [1.165, 1.54) is 0 Å². The van der Waals surface area contributed by atoms with E-state index in [0.29, 0.717) is 15.8 Å². The summed E-state index contributed by atoms with van der Waals surface area (Å²) in [7, 11) is 0. The van der Waals surface area contributed by atoms with Gasteiger partial charge in [-0.2, -0.15) is 0 Å². The van der Waals surface area contributed by atoms with Gasteiger partial charge in [-0.25, -0.2) is 0 Å². The number of hydrogen-bond donors (Lipinski definition) is 1. The molecular weight excluding hydrogens is 273 g/mol. The van der Waals surface area contributed by atoms with Crippen molar-refractivity contribution in [1.29, 1.82) is 0 Å². The molecular formula is C13H11Cl2NO2. The molecule has 1 N–H and O–H groups in total. The van der Waals surface area contributed by atoms with Gasteiger partial charge in [0.15, 0.2) is 0 Å². The van der Waals surface area contributed by atoms with Gasteiger partial charge in [0.25, 0.3) is 0 Å². The second kappa shape index (κ2) is 4.84. The monoisotopic (exact) mass is 283 g/mol. The van der Waals surface area contributed by atoms with Gasteiger partial charge in [-0.05, 0) is 18.2 Å². The highest BCUT2D eigenvalue weighted by Gasteiger charge is 2.23. The molecule has 0 saturated carbocycles. The summed E-state index contributed by atoms with van der Waals surface area (Å²) in [6.07, 6.45) is 1.62. The molecule has 0 fully saturated rings. The normalized spacial score (nSPS) is 18.4. The molecule has 0 amide bonds. The lowest BCUT2D eigenvalue weighted by Gasteiger charge is -2.23. The number of ether oxygens (including phenoxy) is 1. The Kier molecular flexibility index (Phi) is 3.20. The summed E-state index contributed by atoms with van der Waals surface area (Å²) in [6.45, 7) is 1.48. The summed E-state index contributed by atoms with van der Waals surface area (Å²) in [5.74, 6) is 1.62. The highest BCUT2D eigenvalue weighted by Crippen LogP contribution is 2.31. The molecule has 0 radical (unpaired) electrons. The zero-order valence-electron chi connectivity index (χ0n) is 9.45. The van der Waals surface area contributed by atoms with Crippen molar-refractivity contribution in [3.05, 3.63) is 51.9 Å². The minimum atomic E-state index is -0.0651. The first-order valence-corrected chi connectivity index (χ1v) is 6.38. The SMILES string of the molecule is Clc1ccc(OC2CNCc3occc32)cc1Cl. The summed E-state index contributed by atoms with van der Waals surface area (Å²) < 4.78 is 11.3. The van der Waals surface area contributed by atoms with E-state index >= 15 is 0 Å². The maximum atomic E-state index is 5.96. The third-order valence-corrected chi connectivity index (χ3v) is 3.65. The fraction of sp³-hybridized carbons (Fsp3) is 0.231. The van der Waals surface area contributed by atoms with Gasteiger partial charge < -0.3 is 14.5 Å². The predicted molar refractivity (Wildman–Crippen MR) is 70.2 cm³/mol. The first kappa shape index (κ1) is 11.9. The minimum absolute atomic E-state index is 0.0651. The van der Waals surface area contributed by atoms with Crippen LogP contribution in [-0.4, -0.2) is 6.54 Å². The maximum Gasteiger partial charge on any atom is 0.140 e. The van der Waals surface area contributed by atoms with Gasteiger partial charge >= 0.3 is 0 Å². The fourth-order valence-electron chi connectivity index (χ4n) is 2.03. The Morgan fingerprint density at radius 3 is 2.94 bits per heavy atom. The molecule has 1 unspecified atom stereocenters. The van der Waals surface area contributed by atoms with E-state index in [9.17, 15) is 0 Å². The molecule has 3 nitrogen and oxygen atoms in total. The van der Waals surface area contributed by atoms with Crippen molar-refractivity contribution in [3.63, 3.8) is 0 Å². The van der Waals surface area contributed by atoms with E-state index in [-0.39, 0.29) is 6.10 Å². The summed E-state index contributed by atoms with van der Waals surface area (Å²) in [5.41, 5.74) is 1.08. The van der Waals surface area contributed by atoms with Crippen LogP contribution >= 0.6 is 23.2 Å². The number of halogens is 2. The van der Waals surface area contributed by atoms with Crippen LogP contribution in [-0.2, 0) is 6.54 Å². The van der Waals surface area contributed by atoms with Crippen LogP contribution in [0.4, 0.5) is 0 Å². The average Bonchev–Trinajstić information content (AvgIpc) is 2.83. The van der Waals surface area contributed by atoms with Gasteiger partial charge in [0.2, 0.25) is 0 Å². The molecule has 1 atom stereocenters. The van der Waals surface area contributed by atoms with Crippen LogP contribution in [0, 0.1) is 0 Å². The van der Waals surface area contributed by atoms with E-state index < -0.39 is 0 Å². The van der Waals surface area contributed by atoms with Gasteiger partial charge in [0, 0.05) is 18.2 Å². The Labute approximate surface area is 115 Å². The van der Waals surface area contributed by atoms with Crippen molar-refractivity contribution in [2.75, 3.05) is 6.54 Å². The van der Waals surface area contributed by atoms with E-state index in [1.54, 1.807) is 18.4 Å². The minimum Gasteiger partial charge on any atom is -0.484 e. The molecule has 1 aliphatic rings. The fourth-order valence-corrected chi connectivity index (χ4v) is 2.32. The molecule has 5 heteroatoms. The molecule has 1 aromatic carbocycles. The van der Waals surface area contributed by atoms with E-state index in [4.69, 9.17) is 32.4 Å². The Bertz CT molecular complexity index is 568. The van der Waals surface area contributed by atoms with Crippen molar-refractivity contribution < 1.29 is 9.15 Å². The van der Waals surface area contributed by atoms with E-state index in [1.807, 2.05) is 12.1 Å². The molecule has 2 aromatic rings. The highest BCUT2D eigenvalue weighted by atomic mass is 35.5. The average molecular weight is 284 g/mol. The Morgan fingerprint density at radius 1 is 1.22 bits per heavy atom. The Balaban J connectivity index is 1.84. The molecule has 1 aliphatic heterocycles. The Hall–Kier alpha value is -1.16. The molecule has 18 heavy (non-hydrogen) atoms. The summed E-state index contributed by atoms with van der Waals surface area (Å²) >= 11 is 11.8. The van der Waals surface area contributed by atoms with Crippen molar-refractivity contribution in [2.24, 2.45) is 0 Å². The lowest BCUT2D eigenvalue weighted by Crippen LogP contribution is -2.30. The molecule has 0 bridgehead atoms. The largest absolute Gasteiger partial charge is 0.484 e. The van der Waals surface area contributed by atoms with Crippen molar-refractivity contribution in [2.45, 2.75) is 12.6 Å². The van der Waals surface area contributed by atoms with Crippen LogP contribution in [0.15, 0.2) is 34.9 Å². The summed E-state index contributed by atoms with van der Waals surface area (Å²) in [6, 6.07) is 7.20. The van der Waals surface area contributed by atoms with Gasteiger partial charge in [0.05, 0.1) is 22.9 Å². The van der Waals surface area contributed by atoms with Crippen LogP contribution in [0.25, 0.3) is 0 Å². The van der Waals surface area contributed by atoms with E-state index in [0.717, 1.165) is 24.4 Å². The third-order valence-electron chi connectivity index (χ3n) is 2.91. The predicted octanol–water partition coefficient (Wildman–Crippen LogP) is 3.81. The second-order valence-electron chi connectivity index (χ2n) is 4.11. The van der Waals surface area contributed by atoms with Crippen molar-refractivity contribution in [1.82, 2.24) is 5.32 Å².